The van der Waals surface area contributed by atoms with E-state index in [4.69, 9.17) is 18.9 Å². The van der Waals surface area contributed by atoms with E-state index in [0.29, 0.717) is 0 Å². The molecule has 0 amide bonds. The molecular formula is C37H34F14O6. The molecule has 57 heavy (non-hydrogen) atoms. The number of hydrogen-bond donors (Lipinski definition) is 0. The third-order valence-corrected chi connectivity index (χ3v) is 8.26. The lowest BCUT2D eigenvalue weighted by Crippen LogP contribution is -2.51. The van der Waals surface area contributed by atoms with Crippen LogP contribution in [0.3, 0.4) is 0 Å². The predicted molar refractivity (Wildman–Crippen MR) is 174 cm³/mol. The molecule has 0 aliphatic rings. The molecule has 0 radical (unpaired) electrons. The molecule has 3 aromatic rings. The number of benzene rings is 3. The van der Waals surface area contributed by atoms with Crippen molar-refractivity contribution in [2.24, 2.45) is 0 Å². The SMILES string of the molecule is Cc1c(OC(=O)c2ccc(OCCCCCC(F)(F)C(F)(F)C(F)(F)F)cc2)cccc1OC(=O)c1ccc(OCCCCCC(F)(F)C(F)(F)C(F)(F)F)cc1. The van der Waals surface area contributed by atoms with Crippen molar-refractivity contribution in [3.63, 3.8) is 0 Å². The molecule has 0 heterocycles. The van der Waals surface area contributed by atoms with Gasteiger partial charge in [0.1, 0.15) is 23.0 Å². The van der Waals surface area contributed by atoms with Crippen molar-refractivity contribution in [2.75, 3.05) is 13.2 Å². The van der Waals surface area contributed by atoms with Gasteiger partial charge < -0.3 is 18.9 Å². The first-order valence-corrected chi connectivity index (χ1v) is 16.9. The summed E-state index contributed by atoms with van der Waals surface area (Å²) in [6.45, 7) is 1.33. The Balaban J connectivity index is 1.43. The molecule has 0 saturated carbocycles. The second kappa shape index (κ2) is 18.7. The van der Waals surface area contributed by atoms with Crippen molar-refractivity contribution in [1.82, 2.24) is 0 Å². The van der Waals surface area contributed by atoms with E-state index < -0.39 is 73.7 Å². The van der Waals surface area contributed by atoms with Gasteiger partial charge in [-0.15, -0.1) is 0 Å². The smallest absolute Gasteiger partial charge is 0.459 e. The number of rotatable bonds is 20. The summed E-state index contributed by atoms with van der Waals surface area (Å²) >= 11 is 0. The van der Waals surface area contributed by atoms with Gasteiger partial charge in [-0.3, -0.25) is 0 Å². The molecule has 6 nitrogen and oxygen atoms in total. The largest absolute Gasteiger partial charge is 0.494 e. The van der Waals surface area contributed by atoms with Gasteiger partial charge in [0.25, 0.3) is 0 Å². The van der Waals surface area contributed by atoms with Crippen LogP contribution in [0.25, 0.3) is 0 Å². The monoisotopic (exact) mass is 840 g/mol. The van der Waals surface area contributed by atoms with Gasteiger partial charge in [-0.05, 0) is 106 Å². The molecule has 0 bridgehead atoms. The van der Waals surface area contributed by atoms with Crippen molar-refractivity contribution in [3.05, 3.63) is 83.4 Å². The van der Waals surface area contributed by atoms with Crippen molar-refractivity contribution in [1.29, 1.82) is 0 Å². The van der Waals surface area contributed by atoms with Crippen LogP contribution in [-0.2, 0) is 0 Å². The van der Waals surface area contributed by atoms with Crippen molar-refractivity contribution in [3.8, 4) is 23.0 Å². The number of carbonyl (C=O) groups excluding carboxylic acids is 2. The Bertz CT molecular complexity index is 1650. The standard InChI is InChI=1S/C37H34F14O6/c1-23-28(56-30(52)24-11-15-26(16-12-24)54-21-6-2-4-19-32(38,39)34(42,43)36(46,47)48)9-8-10-29(23)57-31(53)25-13-17-27(18-14-25)55-22-7-3-5-20-33(40,41)35(44,45)37(49,50)51/h8-18H,2-7,19-22H2,1H3. The minimum absolute atomic E-state index is 0.0331. The number of hydrogen-bond acceptors (Lipinski definition) is 6. The molecule has 0 atom stereocenters. The highest BCUT2D eigenvalue weighted by Gasteiger charge is 2.73. The third-order valence-electron chi connectivity index (χ3n) is 8.26. The fourth-order valence-corrected chi connectivity index (χ4v) is 4.87. The van der Waals surface area contributed by atoms with Gasteiger partial charge in [0, 0.05) is 18.4 Å². The molecule has 316 valence electrons. The van der Waals surface area contributed by atoms with Crippen LogP contribution in [0.4, 0.5) is 61.5 Å². The molecule has 0 fully saturated rings. The zero-order valence-electron chi connectivity index (χ0n) is 29.7. The van der Waals surface area contributed by atoms with E-state index >= 15 is 0 Å². The minimum atomic E-state index is -6.38. The fourth-order valence-electron chi connectivity index (χ4n) is 4.87. The Morgan fingerprint density at radius 3 is 1.12 bits per heavy atom. The molecule has 0 unspecified atom stereocenters. The summed E-state index contributed by atoms with van der Waals surface area (Å²) in [5.41, 5.74) is 0.386. The number of alkyl halides is 14. The summed E-state index contributed by atoms with van der Waals surface area (Å²) in [4.78, 5) is 25.6. The first kappa shape index (κ1) is 46.6. The van der Waals surface area contributed by atoms with Crippen molar-refractivity contribution < 1.29 is 90.0 Å². The van der Waals surface area contributed by atoms with E-state index in [0.717, 1.165) is 0 Å². The average Bonchev–Trinajstić information content (AvgIpc) is 3.12. The Morgan fingerprint density at radius 2 is 0.807 bits per heavy atom. The van der Waals surface area contributed by atoms with Crippen LogP contribution in [-0.4, -0.2) is 61.2 Å². The highest BCUT2D eigenvalue weighted by molar-refractivity contribution is 5.92. The summed E-state index contributed by atoms with van der Waals surface area (Å²) in [5, 5.41) is 0. The molecule has 0 aliphatic heterocycles. The molecular weight excluding hydrogens is 806 g/mol. The van der Waals surface area contributed by atoms with Crippen LogP contribution in [0.15, 0.2) is 66.7 Å². The lowest BCUT2D eigenvalue weighted by molar-refractivity contribution is -0.356. The first-order valence-electron chi connectivity index (χ1n) is 16.9. The zero-order valence-corrected chi connectivity index (χ0v) is 29.7. The van der Waals surface area contributed by atoms with Crippen LogP contribution in [0.5, 0.6) is 23.0 Å². The van der Waals surface area contributed by atoms with Crippen LogP contribution >= 0.6 is 0 Å². The van der Waals surface area contributed by atoms with Crippen LogP contribution < -0.4 is 18.9 Å². The number of esters is 2. The van der Waals surface area contributed by atoms with Gasteiger partial charge in [0.15, 0.2) is 0 Å². The Kier molecular flexibility index (Phi) is 15.2. The summed E-state index contributed by atoms with van der Waals surface area (Å²) in [6.07, 6.45) is -17.5. The van der Waals surface area contributed by atoms with E-state index in [-0.39, 0.29) is 78.6 Å². The lowest BCUT2D eigenvalue weighted by Gasteiger charge is -2.28. The first-order chi connectivity index (χ1) is 26.3. The predicted octanol–water partition coefficient (Wildman–Crippen LogP) is 12.0. The molecule has 0 saturated heterocycles. The maximum absolute atomic E-state index is 13.4. The number of unbranched alkanes of at least 4 members (excludes halogenated alkanes) is 4. The summed E-state index contributed by atoms with van der Waals surface area (Å²) < 4.78 is 200. The van der Waals surface area contributed by atoms with Crippen LogP contribution in [0.2, 0.25) is 0 Å². The van der Waals surface area contributed by atoms with E-state index in [1.54, 1.807) is 0 Å². The van der Waals surface area contributed by atoms with Crippen LogP contribution in [0, 0.1) is 6.92 Å². The van der Waals surface area contributed by atoms with Gasteiger partial charge in [0.05, 0.1) is 24.3 Å². The fraction of sp³-hybridized carbons (Fsp3) is 0.459. The second-order valence-corrected chi connectivity index (χ2v) is 12.6. The number of carbonyl (C=O) groups is 2. The maximum atomic E-state index is 13.4. The molecule has 0 N–H and O–H groups in total. The van der Waals surface area contributed by atoms with Gasteiger partial charge in [-0.1, -0.05) is 6.07 Å². The Morgan fingerprint density at radius 1 is 0.474 bits per heavy atom. The third kappa shape index (κ3) is 12.1. The lowest BCUT2D eigenvalue weighted by atomic mass is 10.0. The minimum Gasteiger partial charge on any atom is -0.494 e. The topological polar surface area (TPSA) is 71.1 Å². The molecule has 3 rings (SSSR count). The highest BCUT2D eigenvalue weighted by Crippen LogP contribution is 2.49. The Labute approximate surface area is 316 Å². The number of ether oxygens (including phenoxy) is 4. The molecule has 3 aromatic carbocycles. The summed E-state index contributed by atoms with van der Waals surface area (Å²) in [7, 11) is 0. The molecule has 20 heteroatoms. The van der Waals surface area contributed by atoms with Crippen LogP contribution in [0.1, 0.15) is 77.6 Å². The zero-order chi connectivity index (χ0) is 42.9. The molecule has 0 aliphatic carbocycles. The van der Waals surface area contributed by atoms with Gasteiger partial charge in [0.2, 0.25) is 0 Å². The van der Waals surface area contributed by atoms with Crippen molar-refractivity contribution >= 4 is 11.9 Å². The van der Waals surface area contributed by atoms with E-state index in [9.17, 15) is 71.1 Å². The van der Waals surface area contributed by atoms with Gasteiger partial charge in [-0.25, -0.2) is 9.59 Å². The second-order valence-electron chi connectivity index (χ2n) is 12.6. The van der Waals surface area contributed by atoms with E-state index in [1.165, 1.54) is 73.7 Å². The van der Waals surface area contributed by atoms with Crippen molar-refractivity contribution in [2.45, 2.75) is 94.3 Å². The number of halogens is 14. The average molecular weight is 841 g/mol. The van der Waals surface area contributed by atoms with Gasteiger partial charge >= 0.3 is 48.0 Å². The maximum Gasteiger partial charge on any atom is 0.459 e. The Hall–Kier alpha value is -4.78. The quantitative estimate of drug-likeness (QED) is 0.0488. The van der Waals surface area contributed by atoms with E-state index in [1.807, 2.05) is 0 Å². The highest BCUT2D eigenvalue weighted by atomic mass is 19.4. The molecule has 0 spiro atoms. The van der Waals surface area contributed by atoms with Gasteiger partial charge in [-0.2, -0.15) is 61.5 Å². The normalized spacial score (nSPS) is 13.0. The summed E-state index contributed by atoms with van der Waals surface area (Å²) in [5.74, 6) is -23.9. The van der Waals surface area contributed by atoms with E-state index in [2.05, 4.69) is 0 Å². The molecule has 0 aromatic heterocycles. The summed E-state index contributed by atoms with van der Waals surface area (Å²) in [6, 6.07) is 15.1.